The molecule has 0 bridgehead atoms. The van der Waals surface area contributed by atoms with Crippen LogP contribution in [0.25, 0.3) is 0 Å². The van der Waals surface area contributed by atoms with Gasteiger partial charge in [-0.25, -0.2) is 12.7 Å². The van der Waals surface area contributed by atoms with E-state index in [9.17, 15) is 13.2 Å². The zero-order valence-electron chi connectivity index (χ0n) is 15.6. The zero-order chi connectivity index (χ0) is 19.4. The predicted molar refractivity (Wildman–Crippen MR) is 103 cm³/mol. The Labute approximate surface area is 160 Å². The second-order valence-electron chi connectivity index (χ2n) is 6.70. The maximum Gasteiger partial charge on any atom is 0.253 e. The van der Waals surface area contributed by atoms with Crippen LogP contribution < -0.4 is 0 Å². The number of nitrogens with zero attached hydrogens (tertiary/aromatic N) is 4. The lowest BCUT2D eigenvalue weighted by molar-refractivity contribution is 0.0627. The Morgan fingerprint density at radius 3 is 2.26 bits per heavy atom. The summed E-state index contributed by atoms with van der Waals surface area (Å²) in [6, 6.07) is 12.0. The molecule has 0 atom stereocenters. The van der Waals surface area contributed by atoms with Gasteiger partial charge in [-0.2, -0.15) is 0 Å². The third-order valence-corrected chi connectivity index (χ3v) is 6.48. The molecule has 1 aliphatic heterocycles. The maximum atomic E-state index is 12.7. The quantitative estimate of drug-likeness (QED) is 0.772. The van der Waals surface area contributed by atoms with Crippen molar-refractivity contribution in [2.24, 2.45) is 0 Å². The zero-order valence-corrected chi connectivity index (χ0v) is 16.4. The fourth-order valence-corrected chi connectivity index (χ4v) is 3.89. The summed E-state index contributed by atoms with van der Waals surface area (Å²) in [7, 11) is -0.515. The van der Waals surface area contributed by atoms with E-state index >= 15 is 0 Å². The van der Waals surface area contributed by atoms with Crippen molar-refractivity contribution in [2.45, 2.75) is 11.4 Å². The van der Waals surface area contributed by atoms with Gasteiger partial charge in [-0.15, -0.1) is 0 Å². The van der Waals surface area contributed by atoms with Gasteiger partial charge in [-0.3, -0.25) is 14.7 Å². The summed E-state index contributed by atoms with van der Waals surface area (Å²) in [5.74, 6) is -0.0683. The first kappa shape index (κ1) is 19.5. The van der Waals surface area contributed by atoms with Crippen molar-refractivity contribution < 1.29 is 13.2 Å². The van der Waals surface area contributed by atoms with Gasteiger partial charge < -0.3 is 4.90 Å². The van der Waals surface area contributed by atoms with Gasteiger partial charge in [0.25, 0.3) is 5.91 Å². The molecule has 1 saturated heterocycles. The molecule has 1 amide bonds. The normalized spacial score (nSPS) is 15.9. The average Bonchev–Trinajstić information content (AvgIpc) is 2.69. The van der Waals surface area contributed by atoms with Crippen molar-refractivity contribution >= 4 is 15.9 Å². The first-order valence-electron chi connectivity index (χ1n) is 8.82. The van der Waals surface area contributed by atoms with Crippen LogP contribution in [0.4, 0.5) is 0 Å². The molecule has 1 aromatic heterocycles. The topological polar surface area (TPSA) is 73.8 Å². The number of hydrogen-bond donors (Lipinski definition) is 0. The van der Waals surface area contributed by atoms with E-state index in [1.165, 1.54) is 26.2 Å². The van der Waals surface area contributed by atoms with Gasteiger partial charge in [-0.05, 0) is 36.4 Å². The van der Waals surface area contributed by atoms with E-state index < -0.39 is 10.0 Å². The highest BCUT2D eigenvalue weighted by atomic mass is 32.2. The molecular formula is C19H24N4O3S. The summed E-state index contributed by atoms with van der Waals surface area (Å²) in [4.78, 5) is 21.3. The van der Waals surface area contributed by atoms with Crippen LogP contribution in [0.2, 0.25) is 0 Å². The smallest absolute Gasteiger partial charge is 0.253 e. The minimum absolute atomic E-state index is 0.0683. The van der Waals surface area contributed by atoms with Gasteiger partial charge in [0.05, 0.1) is 10.6 Å². The summed E-state index contributed by atoms with van der Waals surface area (Å²) in [6.45, 7) is 3.64. The van der Waals surface area contributed by atoms with E-state index in [4.69, 9.17) is 0 Å². The molecule has 0 N–H and O–H groups in total. The number of rotatable bonds is 5. The lowest BCUT2D eigenvalue weighted by atomic mass is 10.2. The standard InChI is InChI=1S/C19H24N4O3S/c1-21(2)27(25,26)18-8-6-16(7-9-18)19(24)23-13-11-22(12-14-23)15-17-5-3-4-10-20-17/h3-10H,11-15H2,1-2H3. The molecule has 0 radical (unpaired) electrons. The predicted octanol–water partition coefficient (Wildman–Crippen LogP) is 1.29. The van der Waals surface area contributed by atoms with E-state index in [1.807, 2.05) is 23.1 Å². The summed E-state index contributed by atoms with van der Waals surface area (Å²) >= 11 is 0. The SMILES string of the molecule is CN(C)S(=O)(=O)c1ccc(C(=O)N2CCN(Cc3ccccn3)CC2)cc1. The van der Waals surface area contributed by atoms with Gasteiger partial charge >= 0.3 is 0 Å². The fraction of sp³-hybridized carbons (Fsp3) is 0.368. The molecular weight excluding hydrogens is 364 g/mol. The Morgan fingerprint density at radius 2 is 1.70 bits per heavy atom. The van der Waals surface area contributed by atoms with Crippen LogP contribution in [0.3, 0.4) is 0 Å². The van der Waals surface area contributed by atoms with Crippen LogP contribution in [0, 0.1) is 0 Å². The molecule has 0 aliphatic carbocycles. The molecule has 7 nitrogen and oxygen atoms in total. The summed E-state index contributed by atoms with van der Waals surface area (Å²) in [5, 5.41) is 0. The van der Waals surface area contributed by atoms with Crippen LogP contribution in [-0.2, 0) is 16.6 Å². The van der Waals surface area contributed by atoms with Crippen LogP contribution in [0.1, 0.15) is 16.1 Å². The Morgan fingerprint density at radius 1 is 1.04 bits per heavy atom. The minimum Gasteiger partial charge on any atom is -0.336 e. The highest BCUT2D eigenvalue weighted by molar-refractivity contribution is 7.89. The van der Waals surface area contributed by atoms with Crippen LogP contribution >= 0.6 is 0 Å². The largest absolute Gasteiger partial charge is 0.336 e. The lowest BCUT2D eigenvalue weighted by Gasteiger charge is -2.34. The second kappa shape index (κ2) is 8.16. The first-order chi connectivity index (χ1) is 12.9. The molecule has 3 rings (SSSR count). The molecule has 27 heavy (non-hydrogen) atoms. The van der Waals surface area contributed by atoms with Crippen LogP contribution in [0.15, 0.2) is 53.6 Å². The Bertz CT molecular complexity index is 875. The maximum absolute atomic E-state index is 12.7. The van der Waals surface area contributed by atoms with Crippen molar-refractivity contribution in [3.63, 3.8) is 0 Å². The van der Waals surface area contributed by atoms with Gasteiger partial charge in [0.15, 0.2) is 0 Å². The molecule has 0 spiro atoms. The van der Waals surface area contributed by atoms with E-state index in [0.29, 0.717) is 18.7 Å². The molecule has 1 fully saturated rings. The molecule has 0 unspecified atom stereocenters. The van der Waals surface area contributed by atoms with Crippen LogP contribution in [0.5, 0.6) is 0 Å². The molecule has 8 heteroatoms. The molecule has 2 heterocycles. The van der Waals surface area contributed by atoms with E-state index in [-0.39, 0.29) is 10.8 Å². The van der Waals surface area contributed by atoms with E-state index in [1.54, 1.807) is 18.3 Å². The Kier molecular flexibility index (Phi) is 5.88. The molecule has 1 aromatic carbocycles. The Balaban J connectivity index is 1.59. The van der Waals surface area contributed by atoms with Crippen molar-refractivity contribution in [3.05, 3.63) is 59.9 Å². The number of amides is 1. The highest BCUT2D eigenvalue weighted by Crippen LogP contribution is 2.16. The van der Waals surface area contributed by atoms with Crippen molar-refractivity contribution in [1.29, 1.82) is 0 Å². The molecule has 1 aliphatic rings. The number of aromatic nitrogens is 1. The number of carbonyl (C=O) groups is 1. The number of carbonyl (C=O) groups excluding carboxylic acids is 1. The van der Waals surface area contributed by atoms with Crippen LogP contribution in [-0.4, -0.2) is 73.7 Å². The monoisotopic (exact) mass is 388 g/mol. The van der Waals surface area contributed by atoms with Crippen molar-refractivity contribution in [2.75, 3.05) is 40.3 Å². The second-order valence-corrected chi connectivity index (χ2v) is 8.85. The number of benzene rings is 1. The number of piperazine rings is 1. The van der Waals surface area contributed by atoms with E-state index in [0.717, 1.165) is 29.6 Å². The highest BCUT2D eigenvalue weighted by Gasteiger charge is 2.23. The number of sulfonamides is 1. The van der Waals surface area contributed by atoms with Gasteiger partial charge in [0, 0.05) is 58.6 Å². The molecule has 144 valence electrons. The third-order valence-electron chi connectivity index (χ3n) is 4.65. The summed E-state index contributed by atoms with van der Waals surface area (Å²) in [5.41, 5.74) is 1.53. The third kappa shape index (κ3) is 4.52. The lowest BCUT2D eigenvalue weighted by Crippen LogP contribution is -2.48. The fourth-order valence-electron chi connectivity index (χ4n) is 2.99. The molecule has 0 saturated carbocycles. The summed E-state index contributed by atoms with van der Waals surface area (Å²) < 4.78 is 25.4. The average molecular weight is 388 g/mol. The minimum atomic E-state index is -3.49. The van der Waals surface area contributed by atoms with Crippen molar-refractivity contribution in [3.8, 4) is 0 Å². The molecule has 2 aromatic rings. The van der Waals surface area contributed by atoms with Gasteiger partial charge in [0.1, 0.15) is 0 Å². The number of hydrogen-bond acceptors (Lipinski definition) is 5. The van der Waals surface area contributed by atoms with Gasteiger partial charge in [-0.1, -0.05) is 6.07 Å². The van der Waals surface area contributed by atoms with Gasteiger partial charge in [0.2, 0.25) is 10.0 Å². The van der Waals surface area contributed by atoms with E-state index in [2.05, 4.69) is 9.88 Å². The first-order valence-corrected chi connectivity index (χ1v) is 10.3. The van der Waals surface area contributed by atoms with Crippen molar-refractivity contribution in [1.82, 2.24) is 19.1 Å². The number of pyridine rings is 1. The summed E-state index contributed by atoms with van der Waals surface area (Å²) in [6.07, 6.45) is 1.79. The Hall–Kier alpha value is -2.29.